The molecule has 3 heteroatoms. The lowest BCUT2D eigenvalue weighted by atomic mass is 9.81. The van der Waals surface area contributed by atoms with Gasteiger partial charge in [-0.05, 0) is 31.2 Å². The minimum atomic E-state index is -2.52. The third-order valence-electron chi connectivity index (χ3n) is 3.59. The van der Waals surface area contributed by atoms with Gasteiger partial charge in [-0.15, -0.1) is 0 Å². The van der Waals surface area contributed by atoms with E-state index in [0.717, 1.165) is 11.1 Å². The summed E-state index contributed by atoms with van der Waals surface area (Å²) >= 11 is 0. The molecular formula is C14H18F2O. The Morgan fingerprint density at radius 2 is 1.94 bits per heavy atom. The molecule has 1 aliphatic rings. The number of aryl methyl sites for hydroxylation is 1. The Hall–Kier alpha value is -0.960. The molecule has 1 nitrogen and oxygen atoms in total. The molecule has 1 unspecified atom stereocenters. The number of hydrogen-bond acceptors (Lipinski definition) is 1. The van der Waals surface area contributed by atoms with Gasteiger partial charge in [0, 0.05) is 12.8 Å². The van der Waals surface area contributed by atoms with Crippen molar-refractivity contribution in [3.05, 3.63) is 35.4 Å². The Balaban J connectivity index is 2.04. The second-order valence-electron chi connectivity index (χ2n) is 5.05. The van der Waals surface area contributed by atoms with Crippen molar-refractivity contribution in [2.45, 2.75) is 44.6 Å². The fraction of sp³-hybridized carbons (Fsp3) is 0.571. The van der Waals surface area contributed by atoms with Gasteiger partial charge in [0.1, 0.15) is 0 Å². The van der Waals surface area contributed by atoms with E-state index >= 15 is 0 Å². The summed E-state index contributed by atoms with van der Waals surface area (Å²) in [6, 6.07) is 7.65. The number of alkyl halides is 2. The molecule has 0 aromatic heterocycles. The Labute approximate surface area is 100 Å². The quantitative estimate of drug-likeness (QED) is 0.832. The fourth-order valence-corrected chi connectivity index (χ4v) is 2.50. The predicted octanol–water partition coefficient (Wildman–Crippen LogP) is 3.85. The summed E-state index contributed by atoms with van der Waals surface area (Å²) in [5.74, 6) is -2.56. The minimum absolute atomic E-state index is 0.0311. The Bertz CT molecular complexity index is 380. The highest BCUT2D eigenvalue weighted by atomic mass is 19.3. The van der Waals surface area contributed by atoms with Crippen molar-refractivity contribution in [1.29, 1.82) is 0 Å². The molecule has 0 bridgehead atoms. The van der Waals surface area contributed by atoms with Gasteiger partial charge < -0.3 is 5.11 Å². The molecule has 17 heavy (non-hydrogen) atoms. The highest BCUT2D eigenvalue weighted by Gasteiger charge is 2.37. The highest BCUT2D eigenvalue weighted by molar-refractivity contribution is 5.24. The van der Waals surface area contributed by atoms with Crippen molar-refractivity contribution in [3.8, 4) is 0 Å². The monoisotopic (exact) mass is 240 g/mol. The molecule has 2 rings (SSSR count). The Kier molecular flexibility index (Phi) is 3.48. The van der Waals surface area contributed by atoms with Crippen LogP contribution in [0.25, 0.3) is 0 Å². The minimum Gasteiger partial charge on any atom is -0.388 e. The third-order valence-corrected chi connectivity index (χ3v) is 3.59. The summed E-state index contributed by atoms with van der Waals surface area (Å²) < 4.78 is 26.1. The van der Waals surface area contributed by atoms with Gasteiger partial charge in [-0.1, -0.05) is 29.8 Å². The molecule has 94 valence electrons. The second-order valence-corrected chi connectivity index (χ2v) is 5.05. The SMILES string of the molecule is Cc1cccc(C(O)C2CCC(F)(F)CC2)c1. The summed E-state index contributed by atoms with van der Waals surface area (Å²) in [5.41, 5.74) is 1.93. The molecule has 1 atom stereocenters. The topological polar surface area (TPSA) is 20.2 Å². The van der Waals surface area contributed by atoms with Gasteiger partial charge in [0.05, 0.1) is 6.10 Å². The van der Waals surface area contributed by atoms with Crippen LogP contribution in [0, 0.1) is 12.8 Å². The lowest BCUT2D eigenvalue weighted by Crippen LogP contribution is -2.27. The van der Waals surface area contributed by atoms with E-state index in [9.17, 15) is 13.9 Å². The first-order valence-electron chi connectivity index (χ1n) is 6.10. The van der Waals surface area contributed by atoms with Crippen LogP contribution in [0.15, 0.2) is 24.3 Å². The van der Waals surface area contributed by atoms with Crippen LogP contribution >= 0.6 is 0 Å². The van der Waals surface area contributed by atoms with Crippen molar-refractivity contribution in [2.24, 2.45) is 5.92 Å². The van der Waals surface area contributed by atoms with Crippen LogP contribution in [0.2, 0.25) is 0 Å². The Morgan fingerprint density at radius 1 is 1.29 bits per heavy atom. The number of aliphatic hydroxyl groups is 1. The summed E-state index contributed by atoms with van der Waals surface area (Å²) in [4.78, 5) is 0. The first kappa shape index (κ1) is 12.5. The summed E-state index contributed by atoms with van der Waals surface area (Å²) in [6.07, 6.45) is 0.0108. The first-order chi connectivity index (χ1) is 7.98. The van der Waals surface area contributed by atoms with Crippen LogP contribution in [0.3, 0.4) is 0 Å². The molecule has 1 aromatic carbocycles. The number of hydrogen-bond donors (Lipinski definition) is 1. The number of rotatable bonds is 2. The van der Waals surface area contributed by atoms with Gasteiger partial charge in [-0.3, -0.25) is 0 Å². The largest absolute Gasteiger partial charge is 0.388 e. The maximum atomic E-state index is 13.0. The second kappa shape index (κ2) is 4.73. The van der Waals surface area contributed by atoms with Crippen LogP contribution in [-0.4, -0.2) is 11.0 Å². The smallest absolute Gasteiger partial charge is 0.248 e. The summed E-state index contributed by atoms with van der Waals surface area (Å²) in [7, 11) is 0. The lowest BCUT2D eigenvalue weighted by Gasteiger charge is -2.31. The fourth-order valence-electron chi connectivity index (χ4n) is 2.50. The van der Waals surface area contributed by atoms with Crippen LogP contribution < -0.4 is 0 Å². The first-order valence-corrected chi connectivity index (χ1v) is 6.10. The van der Waals surface area contributed by atoms with Gasteiger partial charge in [0.2, 0.25) is 5.92 Å². The molecule has 1 aromatic rings. The molecular weight excluding hydrogens is 222 g/mol. The summed E-state index contributed by atoms with van der Waals surface area (Å²) in [6.45, 7) is 1.96. The van der Waals surface area contributed by atoms with Gasteiger partial charge in [-0.2, -0.15) is 0 Å². The Morgan fingerprint density at radius 3 is 2.53 bits per heavy atom. The van der Waals surface area contributed by atoms with Gasteiger partial charge in [0.25, 0.3) is 0 Å². The van der Waals surface area contributed by atoms with Gasteiger partial charge in [0.15, 0.2) is 0 Å². The van der Waals surface area contributed by atoms with Gasteiger partial charge in [-0.25, -0.2) is 8.78 Å². The molecule has 1 aliphatic carbocycles. The van der Waals surface area contributed by atoms with Crippen LogP contribution in [0.5, 0.6) is 0 Å². The molecule has 1 fully saturated rings. The molecule has 0 radical (unpaired) electrons. The maximum absolute atomic E-state index is 13.0. The van der Waals surface area contributed by atoms with Crippen molar-refractivity contribution < 1.29 is 13.9 Å². The normalized spacial score (nSPS) is 22.4. The average molecular weight is 240 g/mol. The predicted molar refractivity (Wildman–Crippen MR) is 63.0 cm³/mol. The standard InChI is InChI=1S/C14H18F2O/c1-10-3-2-4-12(9-10)13(17)11-5-7-14(15,16)8-6-11/h2-4,9,11,13,17H,5-8H2,1H3. The van der Waals surface area contributed by atoms with Crippen LogP contribution in [0.1, 0.15) is 42.9 Å². The maximum Gasteiger partial charge on any atom is 0.248 e. The molecule has 1 saturated carbocycles. The van der Waals surface area contributed by atoms with Gasteiger partial charge >= 0.3 is 0 Å². The van der Waals surface area contributed by atoms with Crippen molar-refractivity contribution in [2.75, 3.05) is 0 Å². The molecule has 0 saturated heterocycles. The zero-order valence-electron chi connectivity index (χ0n) is 10.00. The molecule has 1 N–H and O–H groups in total. The molecule has 0 spiro atoms. The molecule has 0 heterocycles. The third kappa shape index (κ3) is 3.03. The molecule has 0 amide bonds. The van der Waals surface area contributed by atoms with E-state index in [4.69, 9.17) is 0 Å². The van der Waals surface area contributed by atoms with Crippen molar-refractivity contribution >= 4 is 0 Å². The average Bonchev–Trinajstić information content (AvgIpc) is 2.28. The summed E-state index contributed by atoms with van der Waals surface area (Å²) in [5, 5.41) is 10.2. The van der Waals surface area contributed by atoms with E-state index in [1.54, 1.807) is 0 Å². The highest BCUT2D eigenvalue weighted by Crippen LogP contribution is 2.41. The van der Waals surface area contributed by atoms with Crippen LogP contribution in [-0.2, 0) is 0 Å². The van der Waals surface area contributed by atoms with E-state index in [-0.39, 0.29) is 18.8 Å². The van der Waals surface area contributed by atoms with E-state index in [0.29, 0.717) is 12.8 Å². The van der Waals surface area contributed by atoms with E-state index in [1.165, 1.54) is 0 Å². The van der Waals surface area contributed by atoms with Crippen molar-refractivity contribution in [1.82, 2.24) is 0 Å². The van der Waals surface area contributed by atoms with E-state index in [1.807, 2.05) is 31.2 Å². The van der Waals surface area contributed by atoms with Crippen molar-refractivity contribution in [3.63, 3.8) is 0 Å². The zero-order valence-corrected chi connectivity index (χ0v) is 10.00. The van der Waals surface area contributed by atoms with E-state index < -0.39 is 12.0 Å². The number of aliphatic hydroxyl groups excluding tert-OH is 1. The molecule has 0 aliphatic heterocycles. The van der Waals surface area contributed by atoms with Crippen LogP contribution in [0.4, 0.5) is 8.78 Å². The zero-order chi connectivity index (χ0) is 12.5. The number of benzene rings is 1. The van der Waals surface area contributed by atoms with E-state index in [2.05, 4.69) is 0 Å². The number of halogens is 2. The lowest BCUT2D eigenvalue weighted by molar-refractivity contribution is -0.0627.